The predicted molar refractivity (Wildman–Crippen MR) is 122 cm³/mol. The van der Waals surface area contributed by atoms with E-state index in [4.69, 9.17) is 9.84 Å². The quantitative estimate of drug-likeness (QED) is 0.659. The van der Waals surface area contributed by atoms with E-state index in [1.54, 1.807) is 0 Å². The zero-order chi connectivity index (χ0) is 22.1. The van der Waals surface area contributed by atoms with Gasteiger partial charge in [-0.2, -0.15) is 5.10 Å². The van der Waals surface area contributed by atoms with E-state index in [-0.39, 0.29) is 23.7 Å². The van der Waals surface area contributed by atoms with E-state index in [9.17, 15) is 4.79 Å². The van der Waals surface area contributed by atoms with E-state index >= 15 is 0 Å². The van der Waals surface area contributed by atoms with Gasteiger partial charge in [0.15, 0.2) is 0 Å². The highest BCUT2D eigenvalue weighted by Gasteiger charge is 2.55. The molecule has 5 rings (SSSR count). The van der Waals surface area contributed by atoms with Crippen LogP contribution in [0.4, 0.5) is 5.82 Å². The summed E-state index contributed by atoms with van der Waals surface area (Å²) in [6, 6.07) is 10.6. The van der Waals surface area contributed by atoms with Crippen LogP contribution in [0.15, 0.2) is 30.3 Å². The summed E-state index contributed by atoms with van der Waals surface area (Å²) in [6.07, 6.45) is 2.10. The monoisotopic (exact) mass is 421 g/mol. The van der Waals surface area contributed by atoms with Crippen molar-refractivity contribution in [1.29, 1.82) is 0 Å². The van der Waals surface area contributed by atoms with Crippen molar-refractivity contribution in [3.8, 4) is 0 Å². The second-order valence-electron chi connectivity index (χ2n) is 10.9. The maximum Gasteiger partial charge on any atom is 0.344 e. The summed E-state index contributed by atoms with van der Waals surface area (Å²) >= 11 is 0. The van der Waals surface area contributed by atoms with E-state index < -0.39 is 0 Å². The van der Waals surface area contributed by atoms with Crippen molar-refractivity contribution in [3.05, 3.63) is 47.2 Å². The van der Waals surface area contributed by atoms with Crippen LogP contribution in [0.3, 0.4) is 0 Å². The van der Waals surface area contributed by atoms with Gasteiger partial charge in [-0.1, -0.05) is 51.1 Å². The summed E-state index contributed by atoms with van der Waals surface area (Å²) in [4.78, 5) is 13.5. The van der Waals surface area contributed by atoms with Gasteiger partial charge in [0.05, 0.1) is 17.3 Å². The van der Waals surface area contributed by atoms with Crippen LogP contribution in [0.25, 0.3) is 0 Å². The summed E-state index contributed by atoms with van der Waals surface area (Å²) < 4.78 is 8.24. The molecule has 5 heteroatoms. The van der Waals surface area contributed by atoms with E-state index in [0.717, 1.165) is 23.9 Å². The van der Waals surface area contributed by atoms with Crippen molar-refractivity contribution in [1.82, 2.24) is 9.78 Å². The van der Waals surface area contributed by atoms with Gasteiger partial charge in [0.25, 0.3) is 0 Å². The lowest BCUT2D eigenvalue weighted by Crippen LogP contribution is -2.39. The van der Waals surface area contributed by atoms with E-state index in [1.807, 2.05) is 17.7 Å². The summed E-state index contributed by atoms with van der Waals surface area (Å²) in [5.41, 5.74) is 2.37. The number of esters is 1. The smallest absolute Gasteiger partial charge is 0.344 e. The number of carbonyl (C=O) groups is 1. The first-order chi connectivity index (χ1) is 14.7. The van der Waals surface area contributed by atoms with Crippen LogP contribution in [0.2, 0.25) is 0 Å². The number of hydrogen-bond donors (Lipinski definition) is 1. The van der Waals surface area contributed by atoms with E-state index in [1.165, 1.54) is 12.0 Å². The maximum absolute atomic E-state index is 13.5. The molecule has 1 N–H and O–H groups in total. The van der Waals surface area contributed by atoms with Crippen molar-refractivity contribution in [2.24, 2.45) is 29.6 Å². The van der Waals surface area contributed by atoms with Crippen LogP contribution >= 0.6 is 0 Å². The Morgan fingerprint density at radius 2 is 1.77 bits per heavy atom. The summed E-state index contributed by atoms with van der Waals surface area (Å²) in [5, 5.41) is 8.40. The van der Waals surface area contributed by atoms with Gasteiger partial charge in [-0.15, -0.1) is 0 Å². The Morgan fingerprint density at radius 3 is 2.45 bits per heavy atom. The first-order valence-electron chi connectivity index (χ1n) is 11.8. The van der Waals surface area contributed by atoms with Gasteiger partial charge >= 0.3 is 5.97 Å². The van der Waals surface area contributed by atoms with Crippen molar-refractivity contribution in [2.45, 2.75) is 72.1 Å². The lowest BCUT2D eigenvalue weighted by atomic mass is 9.75. The fourth-order valence-corrected chi connectivity index (χ4v) is 6.69. The minimum Gasteiger partial charge on any atom is -0.458 e. The zero-order valence-corrected chi connectivity index (χ0v) is 19.6. The first-order valence-corrected chi connectivity index (χ1v) is 11.8. The normalized spacial score (nSPS) is 35.5. The van der Waals surface area contributed by atoms with Crippen LogP contribution in [0.5, 0.6) is 0 Å². The number of fused-ring (bicyclic) bond motifs is 3. The molecule has 2 heterocycles. The number of nitrogens with one attached hydrogen (secondary N) is 1. The third-order valence-electron chi connectivity index (χ3n) is 8.64. The SMILES string of the molecule is Cc1nn2c(c1C(=O)OC1C(C)C3CC1C(C)C3C)NC(c1ccccc1)CC2(C)C. The summed E-state index contributed by atoms with van der Waals surface area (Å²) in [6.45, 7) is 13.2. The van der Waals surface area contributed by atoms with Gasteiger partial charge in [0.2, 0.25) is 0 Å². The molecule has 2 bridgehead atoms. The van der Waals surface area contributed by atoms with Crippen molar-refractivity contribution in [2.75, 3.05) is 5.32 Å². The van der Waals surface area contributed by atoms with Gasteiger partial charge in [0.1, 0.15) is 17.5 Å². The zero-order valence-electron chi connectivity index (χ0n) is 19.6. The molecule has 166 valence electrons. The molecule has 0 spiro atoms. The predicted octanol–water partition coefficient (Wildman–Crippen LogP) is 5.57. The molecule has 1 aliphatic heterocycles. The first kappa shape index (κ1) is 20.6. The van der Waals surface area contributed by atoms with Gasteiger partial charge < -0.3 is 10.1 Å². The average molecular weight is 422 g/mol. The highest BCUT2D eigenvalue weighted by atomic mass is 16.5. The molecule has 7 unspecified atom stereocenters. The number of carbonyl (C=O) groups excluding carboxylic acids is 1. The summed E-state index contributed by atoms with van der Waals surface area (Å²) in [5.74, 6) is 3.47. The second-order valence-corrected chi connectivity index (χ2v) is 10.9. The Bertz CT molecular complexity index is 996. The minimum atomic E-state index is -0.222. The maximum atomic E-state index is 13.5. The molecule has 2 aromatic rings. The molecule has 7 atom stereocenters. The molecule has 5 nitrogen and oxygen atoms in total. The van der Waals surface area contributed by atoms with E-state index in [2.05, 4.69) is 64.2 Å². The fourth-order valence-electron chi connectivity index (χ4n) is 6.69. The standard InChI is InChI=1S/C26H35N3O2/c1-14-15(2)20-12-19(14)16(3)23(20)31-25(30)22-17(4)28-29-24(22)27-21(13-26(29,5)6)18-10-8-7-9-11-18/h7-11,14-16,19-21,23,27H,12-13H2,1-6H3. The molecule has 0 radical (unpaired) electrons. The Hall–Kier alpha value is -2.30. The van der Waals surface area contributed by atoms with Crippen LogP contribution in [0, 0.1) is 36.5 Å². The molecule has 3 aliphatic rings. The number of rotatable bonds is 3. The Kier molecular flexibility index (Phi) is 4.72. The molecular weight excluding hydrogens is 386 g/mol. The lowest BCUT2D eigenvalue weighted by molar-refractivity contribution is -0.0206. The number of nitrogens with zero attached hydrogens (tertiary/aromatic N) is 2. The molecule has 2 fully saturated rings. The molecule has 1 aromatic heterocycles. The van der Waals surface area contributed by atoms with E-state index in [0.29, 0.717) is 29.2 Å². The number of aromatic nitrogens is 2. The Balaban J connectivity index is 1.45. The molecule has 0 saturated heterocycles. The average Bonchev–Trinajstić information content (AvgIpc) is 3.34. The van der Waals surface area contributed by atoms with Crippen molar-refractivity contribution < 1.29 is 9.53 Å². The van der Waals surface area contributed by atoms with Crippen molar-refractivity contribution >= 4 is 11.8 Å². The minimum absolute atomic E-state index is 0.0140. The number of aryl methyl sites for hydroxylation is 1. The molecule has 0 amide bonds. The highest BCUT2D eigenvalue weighted by molar-refractivity contribution is 5.96. The molecule has 2 saturated carbocycles. The lowest BCUT2D eigenvalue weighted by Gasteiger charge is -2.38. The van der Waals surface area contributed by atoms with Crippen LogP contribution < -0.4 is 5.32 Å². The largest absolute Gasteiger partial charge is 0.458 e. The second kappa shape index (κ2) is 7.11. The number of hydrogen-bond acceptors (Lipinski definition) is 4. The number of ether oxygens (including phenoxy) is 1. The van der Waals surface area contributed by atoms with Crippen LogP contribution in [-0.2, 0) is 10.3 Å². The Labute approximate surface area is 185 Å². The third-order valence-corrected chi connectivity index (χ3v) is 8.64. The van der Waals surface area contributed by atoms with Crippen LogP contribution in [0.1, 0.15) is 75.1 Å². The van der Waals surface area contributed by atoms with Gasteiger partial charge in [0, 0.05) is 0 Å². The molecule has 2 aliphatic carbocycles. The van der Waals surface area contributed by atoms with Crippen molar-refractivity contribution in [3.63, 3.8) is 0 Å². The Morgan fingerprint density at radius 1 is 1.10 bits per heavy atom. The highest BCUT2D eigenvalue weighted by Crippen LogP contribution is 2.56. The molecular formula is C26H35N3O2. The van der Waals surface area contributed by atoms with Gasteiger partial charge in [-0.25, -0.2) is 9.48 Å². The van der Waals surface area contributed by atoms with Gasteiger partial charge in [-0.05, 0) is 68.8 Å². The molecule has 1 aromatic carbocycles. The topological polar surface area (TPSA) is 56.2 Å². The summed E-state index contributed by atoms with van der Waals surface area (Å²) in [7, 11) is 0. The third kappa shape index (κ3) is 3.11. The molecule has 31 heavy (non-hydrogen) atoms. The fraction of sp³-hybridized carbons (Fsp3) is 0.615. The number of benzene rings is 1. The van der Waals surface area contributed by atoms with Crippen LogP contribution in [-0.4, -0.2) is 21.9 Å². The van der Waals surface area contributed by atoms with Gasteiger partial charge in [-0.3, -0.25) is 0 Å². The number of anilines is 1.